The quantitative estimate of drug-likeness (QED) is 0.583. The predicted molar refractivity (Wildman–Crippen MR) is 55.2 cm³/mol. The number of nitro groups is 1. The molecule has 17 heavy (non-hydrogen) atoms. The minimum Gasteiger partial charge on any atom is -0.319 e. The number of carbonyl (C=O) groups is 1. The minimum absolute atomic E-state index is 0.115. The van der Waals surface area contributed by atoms with E-state index in [0.717, 1.165) is 0 Å². The van der Waals surface area contributed by atoms with E-state index in [1.807, 2.05) is 0 Å². The third-order valence-electron chi connectivity index (χ3n) is 1.86. The van der Waals surface area contributed by atoms with Gasteiger partial charge in [0, 0.05) is 17.8 Å². The van der Waals surface area contributed by atoms with Gasteiger partial charge < -0.3 is 5.32 Å². The summed E-state index contributed by atoms with van der Waals surface area (Å²) in [6, 6.07) is 5.54. The van der Waals surface area contributed by atoms with Gasteiger partial charge in [0.2, 0.25) is 0 Å². The van der Waals surface area contributed by atoms with Crippen LogP contribution in [-0.2, 0) is 0 Å². The number of hydrogen-bond acceptors (Lipinski definition) is 6. The molecule has 1 amide bonds. The number of benzene rings is 1. The summed E-state index contributed by atoms with van der Waals surface area (Å²) in [5, 5.41) is 25.2. The first kappa shape index (κ1) is 10.7. The second-order valence-corrected chi connectivity index (χ2v) is 3.00. The van der Waals surface area contributed by atoms with Crippen LogP contribution in [-0.4, -0.2) is 31.5 Å². The number of nitrogens with one attached hydrogen (secondary N) is 2. The van der Waals surface area contributed by atoms with Crippen molar-refractivity contribution in [1.29, 1.82) is 0 Å². The number of amides is 1. The second kappa shape index (κ2) is 4.35. The molecule has 0 saturated heterocycles. The number of carbonyl (C=O) groups excluding carboxylic acids is 1. The highest BCUT2D eigenvalue weighted by atomic mass is 16.6. The van der Waals surface area contributed by atoms with Crippen molar-refractivity contribution in [2.45, 2.75) is 0 Å². The van der Waals surface area contributed by atoms with Crippen LogP contribution in [0.4, 0.5) is 11.4 Å². The third kappa shape index (κ3) is 2.40. The highest BCUT2D eigenvalue weighted by Gasteiger charge is 2.12. The van der Waals surface area contributed by atoms with Gasteiger partial charge in [0.05, 0.1) is 4.92 Å². The van der Waals surface area contributed by atoms with Crippen molar-refractivity contribution in [2.24, 2.45) is 0 Å². The lowest BCUT2D eigenvalue weighted by molar-refractivity contribution is -0.384. The Bertz CT molecular complexity index is 552. The first-order valence-corrected chi connectivity index (χ1v) is 4.46. The Hall–Kier alpha value is -2.84. The molecule has 0 spiro atoms. The third-order valence-corrected chi connectivity index (χ3v) is 1.86. The van der Waals surface area contributed by atoms with Crippen LogP contribution in [0.25, 0.3) is 0 Å². The number of non-ortho nitro benzene ring substituents is 1. The molecule has 0 saturated carbocycles. The molecular formula is C8H6N6O3. The number of nitro benzene ring substituents is 1. The summed E-state index contributed by atoms with van der Waals surface area (Å²) in [7, 11) is 0. The lowest BCUT2D eigenvalue weighted by Crippen LogP contribution is -2.13. The molecule has 86 valence electrons. The summed E-state index contributed by atoms with van der Waals surface area (Å²) in [5.74, 6) is -0.740. The molecule has 0 aliphatic carbocycles. The van der Waals surface area contributed by atoms with Gasteiger partial charge in [-0.15, -0.1) is 10.2 Å². The lowest BCUT2D eigenvalue weighted by Gasteiger charge is -2.01. The number of aromatic nitrogens is 4. The second-order valence-electron chi connectivity index (χ2n) is 3.00. The van der Waals surface area contributed by atoms with Crippen LogP contribution in [0.1, 0.15) is 10.6 Å². The van der Waals surface area contributed by atoms with Crippen molar-refractivity contribution in [3.63, 3.8) is 0 Å². The van der Waals surface area contributed by atoms with E-state index in [2.05, 4.69) is 25.9 Å². The molecule has 0 radical (unpaired) electrons. The Morgan fingerprint density at radius 2 is 2.29 bits per heavy atom. The highest BCUT2D eigenvalue weighted by molar-refractivity contribution is 6.01. The Morgan fingerprint density at radius 1 is 1.47 bits per heavy atom. The van der Waals surface area contributed by atoms with E-state index < -0.39 is 10.8 Å². The van der Waals surface area contributed by atoms with Crippen molar-refractivity contribution < 1.29 is 9.72 Å². The number of H-pyrrole nitrogens is 1. The average Bonchev–Trinajstić information content (AvgIpc) is 2.82. The van der Waals surface area contributed by atoms with Gasteiger partial charge >= 0.3 is 0 Å². The van der Waals surface area contributed by atoms with Gasteiger partial charge in [0.15, 0.2) is 0 Å². The number of rotatable bonds is 3. The van der Waals surface area contributed by atoms with Crippen LogP contribution >= 0.6 is 0 Å². The van der Waals surface area contributed by atoms with Crippen molar-refractivity contribution in [1.82, 2.24) is 20.6 Å². The molecule has 1 aromatic carbocycles. The number of hydrogen-bond donors (Lipinski definition) is 2. The zero-order valence-electron chi connectivity index (χ0n) is 8.32. The minimum atomic E-state index is -0.598. The molecule has 9 heteroatoms. The topological polar surface area (TPSA) is 127 Å². The number of tetrazole rings is 1. The van der Waals surface area contributed by atoms with E-state index in [4.69, 9.17) is 0 Å². The van der Waals surface area contributed by atoms with Crippen molar-refractivity contribution in [2.75, 3.05) is 5.32 Å². The smallest absolute Gasteiger partial charge is 0.297 e. The zero-order chi connectivity index (χ0) is 12.3. The van der Waals surface area contributed by atoms with Crippen LogP contribution < -0.4 is 5.32 Å². The molecule has 9 nitrogen and oxygen atoms in total. The summed E-state index contributed by atoms with van der Waals surface area (Å²) in [6.07, 6.45) is 0. The Balaban J connectivity index is 2.16. The molecule has 0 atom stereocenters. The van der Waals surface area contributed by atoms with Crippen LogP contribution in [0.15, 0.2) is 24.3 Å². The molecule has 2 N–H and O–H groups in total. The summed E-state index contributed by atoms with van der Waals surface area (Å²) < 4.78 is 0. The normalized spacial score (nSPS) is 9.88. The molecule has 0 aliphatic heterocycles. The van der Waals surface area contributed by atoms with E-state index >= 15 is 0 Å². The summed E-state index contributed by atoms with van der Waals surface area (Å²) in [6.45, 7) is 0. The Labute approximate surface area is 94.0 Å². The lowest BCUT2D eigenvalue weighted by atomic mass is 10.3. The molecule has 2 aromatic rings. The van der Waals surface area contributed by atoms with Gasteiger partial charge in [-0.2, -0.15) is 5.21 Å². The van der Waals surface area contributed by atoms with E-state index in [0.29, 0.717) is 0 Å². The maximum Gasteiger partial charge on any atom is 0.297 e. The molecular weight excluding hydrogens is 228 g/mol. The molecule has 2 rings (SSSR count). The summed E-state index contributed by atoms with van der Waals surface area (Å²) >= 11 is 0. The van der Waals surface area contributed by atoms with Crippen LogP contribution in [0.3, 0.4) is 0 Å². The van der Waals surface area contributed by atoms with Crippen molar-refractivity contribution in [3.8, 4) is 0 Å². The van der Waals surface area contributed by atoms with Crippen LogP contribution in [0.5, 0.6) is 0 Å². The number of nitrogens with zero attached hydrogens (tertiary/aromatic N) is 4. The van der Waals surface area contributed by atoms with Gasteiger partial charge in [0.25, 0.3) is 17.4 Å². The molecule has 0 unspecified atom stereocenters. The van der Waals surface area contributed by atoms with Crippen molar-refractivity contribution >= 4 is 17.3 Å². The van der Waals surface area contributed by atoms with E-state index in [9.17, 15) is 14.9 Å². The summed E-state index contributed by atoms with van der Waals surface area (Å²) in [5.41, 5.74) is 0.171. The first-order valence-electron chi connectivity index (χ1n) is 4.46. The van der Waals surface area contributed by atoms with E-state index in [-0.39, 0.29) is 17.2 Å². The highest BCUT2D eigenvalue weighted by Crippen LogP contribution is 2.17. The molecule has 0 bridgehead atoms. The van der Waals surface area contributed by atoms with Crippen LogP contribution in [0, 0.1) is 10.1 Å². The number of anilines is 1. The Morgan fingerprint density at radius 3 is 2.94 bits per heavy atom. The fraction of sp³-hybridized carbons (Fsp3) is 0. The molecule has 1 aromatic heterocycles. The maximum atomic E-state index is 11.5. The van der Waals surface area contributed by atoms with Gasteiger partial charge in [-0.05, 0) is 11.3 Å². The van der Waals surface area contributed by atoms with Crippen molar-refractivity contribution in [3.05, 3.63) is 40.2 Å². The first-order chi connectivity index (χ1) is 8.16. The maximum absolute atomic E-state index is 11.5. The SMILES string of the molecule is O=C(Nc1cccc([N+](=O)[O-])c1)c1nn[nH]n1. The predicted octanol–water partition coefficient (Wildman–Crippen LogP) is 0.360. The molecule has 0 fully saturated rings. The van der Waals surface area contributed by atoms with Gasteiger partial charge in [-0.1, -0.05) is 6.07 Å². The van der Waals surface area contributed by atoms with Crippen LogP contribution in [0.2, 0.25) is 0 Å². The van der Waals surface area contributed by atoms with Gasteiger partial charge in [0.1, 0.15) is 0 Å². The largest absolute Gasteiger partial charge is 0.319 e. The zero-order valence-corrected chi connectivity index (χ0v) is 8.32. The average molecular weight is 234 g/mol. The van der Waals surface area contributed by atoms with E-state index in [1.54, 1.807) is 0 Å². The monoisotopic (exact) mass is 234 g/mol. The molecule has 0 aliphatic rings. The standard InChI is InChI=1S/C8H6N6O3/c15-8(7-10-12-13-11-7)9-5-2-1-3-6(4-5)14(16)17/h1-4H,(H,9,15)(H,10,11,12,13). The number of aromatic amines is 1. The van der Waals surface area contributed by atoms with E-state index in [1.165, 1.54) is 24.3 Å². The summed E-state index contributed by atoms with van der Waals surface area (Å²) in [4.78, 5) is 21.5. The van der Waals surface area contributed by atoms with Gasteiger partial charge in [-0.3, -0.25) is 14.9 Å². The molecule has 1 heterocycles. The fourth-order valence-electron chi connectivity index (χ4n) is 1.14. The van der Waals surface area contributed by atoms with Gasteiger partial charge in [-0.25, -0.2) is 0 Å². The fourth-order valence-corrected chi connectivity index (χ4v) is 1.14. The Kier molecular flexibility index (Phi) is 2.73.